The Bertz CT molecular complexity index is 321. The van der Waals surface area contributed by atoms with E-state index in [-0.39, 0.29) is 30.6 Å². The molecule has 2 saturated heterocycles. The van der Waals surface area contributed by atoms with E-state index in [1.54, 1.807) is 4.90 Å². The van der Waals surface area contributed by atoms with Crippen LogP contribution in [-0.2, 0) is 14.3 Å². The van der Waals surface area contributed by atoms with Gasteiger partial charge in [-0.15, -0.1) is 0 Å². The van der Waals surface area contributed by atoms with E-state index in [4.69, 9.17) is 9.84 Å². The normalized spacial score (nSPS) is 33.6. The van der Waals surface area contributed by atoms with Crippen molar-refractivity contribution in [2.75, 3.05) is 19.7 Å². The topological polar surface area (TPSA) is 78.9 Å². The molecule has 0 aliphatic carbocycles. The third-order valence-electron chi connectivity index (χ3n) is 3.13. The maximum absolute atomic E-state index is 12.1. The molecule has 6 heteroatoms. The number of carbonyl (C=O) groups excluding carboxylic acids is 2. The molecule has 17 heavy (non-hydrogen) atoms. The summed E-state index contributed by atoms with van der Waals surface area (Å²) in [5, 5.41) is 11.7. The number of aliphatic hydroxyl groups is 1. The van der Waals surface area contributed by atoms with Crippen molar-refractivity contribution in [1.82, 2.24) is 10.2 Å². The highest BCUT2D eigenvalue weighted by Gasteiger charge is 2.34. The van der Waals surface area contributed by atoms with Gasteiger partial charge in [0.25, 0.3) is 0 Å². The molecule has 2 unspecified atom stereocenters. The maximum Gasteiger partial charge on any atom is 0.245 e. The summed E-state index contributed by atoms with van der Waals surface area (Å²) < 4.78 is 5.47. The van der Waals surface area contributed by atoms with E-state index in [9.17, 15) is 9.59 Å². The zero-order valence-electron chi connectivity index (χ0n) is 9.89. The molecule has 0 saturated carbocycles. The molecule has 6 nitrogen and oxygen atoms in total. The van der Waals surface area contributed by atoms with Gasteiger partial charge in [-0.3, -0.25) is 9.59 Å². The Morgan fingerprint density at radius 1 is 1.59 bits per heavy atom. The van der Waals surface area contributed by atoms with E-state index in [1.165, 1.54) is 0 Å². The number of carbonyl (C=O) groups is 2. The van der Waals surface area contributed by atoms with Gasteiger partial charge in [-0.2, -0.15) is 0 Å². The fourth-order valence-electron chi connectivity index (χ4n) is 2.35. The van der Waals surface area contributed by atoms with E-state index in [0.717, 1.165) is 0 Å². The molecule has 3 atom stereocenters. The van der Waals surface area contributed by atoms with Crippen molar-refractivity contribution < 1.29 is 19.4 Å². The lowest BCUT2D eigenvalue weighted by atomic mass is 10.1. The largest absolute Gasteiger partial charge is 0.394 e. The van der Waals surface area contributed by atoms with Crippen LogP contribution in [0.25, 0.3) is 0 Å². The van der Waals surface area contributed by atoms with Crippen LogP contribution in [0.15, 0.2) is 0 Å². The lowest BCUT2D eigenvalue weighted by Crippen LogP contribution is -2.54. The maximum atomic E-state index is 12.1. The third kappa shape index (κ3) is 2.76. The van der Waals surface area contributed by atoms with Gasteiger partial charge in [-0.1, -0.05) is 0 Å². The zero-order chi connectivity index (χ0) is 12.4. The van der Waals surface area contributed by atoms with Crippen molar-refractivity contribution in [2.24, 2.45) is 0 Å². The number of rotatable bonds is 2. The van der Waals surface area contributed by atoms with Gasteiger partial charge in [0.1, 0.15) is 6.04 Å². The highest BCUT2D eigenvalue weighted by Crippen LogP contribution is 2.15. The van der Waals surface area contributed by atoms with Crippen molar-refractivity contribution >= 4 is 11.8 Å². The Morgan fingerprint density at radius 3 is 2.94 bits per heavy atom. The second-order valence-corrected chi connectivity index (χ2v) is 4.65. The number of hydrogen-bond donors (Lipinski definition) is 2. The van der Waals surface area contributed by atoms with Crippen LogP contribution in [0.1, 0.15) is 19.8 Å². The Morgan fingerprint density at radius 2 is 2.35 bits per heavy atom. The van der Waals surface area contributed by atoms with Gasteiger partial charge in [0.15, 0.2) is 0 Å². The molecule has 2 aliphatic rings. The number of amides is 2. The molecule has 0 bridgehead atoms. The van der Waals surface area contributed by atoms with E-state index in [1.807, 2.05) is 6.92 Å². The predicted octanol–water partition coefficient (Wildman–Crippen LogP) is -1.13. The standard InChI is InChI=1S/C11H18N2O4/c1-7-4-13(5-8(6-14)17-7)11(16)9-2-3-10(15)12-9/h7-9,14H,2-6H2,1H3,(H,12,15)/t7?,8?,9-/m0/s1. The molecule has 2 rings (SSSR count). The van der Waals surface area contributed by atoms with Crippen LogP contribution < -0.4 is 5.32 Å². The van der Waals surface area contributed by atoms with Crippen LogP contribution in [0.3, 0.4) is 0 Å². The monoisotopic (exact) mass is 242 g/mol. The van der Waals surface area contributed by atoms with Gasteiger partial charge in [0.2, 0.25) is 11.8 Å². The fraction of sp³-hybridized carbons (Fsp3) is 0.818. The van der Waals surface area contributed by atoms with Gasteiger partial charge in [-0.05, 0) is 13.3 Å². The predicted molar refractivity (Wildman–Crippen MR) is 59.2 cm³/mol. The molecule has 0 aromatic rings. The fourth-order valence-corrected chi connectivity index (χ4v) is 2.35. The first-order valence-corrected chi connectivity index (χ1v) is 5.94. The first-order chi connectivity index (χ1) is 8.10. The van der Waals surface area contributed by atoms with Gasteiger partial charge in [0, 0.05) is 19.5 Å². The summed E-state index contributed by atoms with van der Waals surface area (Å²) >= 11 is 0. The van der Waals surface area contributed by atoms with Crippen LogP contribution in [-0.4, -0.2) is 59.8 Å². The van der Waals surface area contributed by atoms with Crippen molar-refractivity contribution in [3.05, 3.63) is 0 Å². The highest BCUT2D eigenvalue weighted by molar-refractivity contribution is 5.90. The summed E-state index contributed by atoms with van der Waals surface area (Å²) in [6.45, 7) is 2.69. The zero-order valence-corrected chi connectivity index (χ0v) is 9.89. The number of nitrogens with zero attached hydrogens (tertiary/aromatic N) is 1. The van der Waals surface area contributed by atoms with Gasteiger partial charge < -0.3 is 20.1 Å². The average Bonchev–Trinajstić information content (AvgIpc) is 2.74. The average molecular weight is 242 g/mol. The minimum Gasteiger partial charge on any atom is -0.394 e. The first kappa shape index (κ1) is 12.3. The summed E-state index contributed by atoms with van der Waals surface area (Å²) in [7, 11) is 0. The summed E-state index contributed by atoms with van der Waals surface area (Å²) in [6.07, 6.45) is 0.578. The van der Waals surface area contributed by atoms with E-state index in [0.29, 0.717) is 25.9 Å². The van der Waals surface area contributed by atoms with Crippen molar-refractivity contribution in [3.63, 3.8) is 0 Å². The second kappa shape index (κ2) is 5.01. The minimum absolute atomic E-state index is 0.0653. The molecule has 2 aliphatic heterocycles. The lowest BCUT2D eigenvalue weighted by Gasteiger charge is -2.37. The van der Waals surface area contributed by atoms with Crippen LogP contribution in [0, 0.1) is 0 Å². The number of ether oxygens (including phenoxy) is 1. The number of morpholine rings is 1. The van der Waals surface area contributed by atoms with Crippen LogP contribution in [0.2, 0.25) is 0 Å². The lowest BCUT2D eigenvalue weighted by molar-refractivity contribution is -0.149. The molecule has 0 radical (unpaired) electrons. The first-order valence-electron chi connectivity index (χ1n) is 5.94. The molecule has 0 aromatic heterocycles. The summed E-state index contributed by atoms with van der Waals surface area (Å²) in [5.74, 6) is -0.132. The van der Waals surface area contributed by atoms with Crippen molar-refractivity contribution in [2.45, 2.75) is 38.0 Å². The van der Waals surface area contributed by atoms with Crippen molar-refractivity contribution in [1.29, 1.82) is 0 Å². The second-order valence-electron chi connectivity index (χ2n) is 4.65. The Hall–Kier alpha value is -1.14. The summed E-state index contributed by atoms with van der Waals surface area (Å²) in [4.78, 5) is 24.9. The smallest absolute Gasteiger partial charge is 0.245 e. The SMILES string of the molecule is CC1CN(C(=O)[C@@H]2CCC(=O)N2)CC(CO)O1. The highest BCUT2D eigenvalue weighted by atomic mass is 16.5. The quantitative estimate of drug-likeness (QED) is 0.642. The molecule has 2 N–H and O–H groups in total. The van der Waals surface area contributed by atoms with Gasteiger partial charge in [-0.25, -0.2) is 0 Å². The molecule has 96 valence electrons. The Balaban J connectivity index is 1.96. The molecule has 2 amide bonds. The minimum atomic E-state index is -0.396. The van der Waals surface area contributed by atoms with Crippen LogP contribution in [0.5, 0.6) is 0 Å². The molecule has 2 fully saturated rings. The van der Waals surface area contributed by atoms with Gasteiger partial charge >= 0.3 is 0 Å². The van der Waals surface area contributed by atoms with E-state index >= 15 is 0 Å². The van der Waals surface area contributed by atoms with Crippen LogP contribution in [0.4, 0.5) is 0 Å². The van der Waals surface area contributed by atoms with E-state index in [2.05, 4.69) is 5.32 Å². The van der Waals surface area contributed by atoms with Crippen LogP contribution >= 0.6 is 0 Å². The molecule has 2 heterocycles. The van der Waals surface area contributed by atoms with E-state index < -0.39 is 6.04 Å². The molecule has 0 spiro atoms. The molecule has 0 aromatic carbocycles. The molecular formula is C11H18N2O4. The number of nitrogens with one attached hydrogen (secondary N) is 1. The Labute approximate surface area is 99.9 Å². The third-order valence-corrected chi connectivity index (χ3v) is 3.13. The summed E-state index contributed by atoms with van der Waals surface area (Å²) in [6, 6.07) is -0.396. The Kier molecular flexibility index (Phi) is 3.63. The van der Waals surface area contributed by atoms with Crippen molar-refractivity contribution in [3.8, 4) is 0 Å². The number of hydrogen-bond acceptors (Lipinski definition) is 4. The number of aliphatic hydroxyl groups excluding tert-OH is 1. The molecular weight excluding hydrogens is 224 g/mol. The van der Waals surface area contributed by atoms with Gasteiger partial charge in [0.05, 0.1) is 18.8 Å². The summed E-state index contributed by atoms with van der Waals surface area (Å²) in [5.41, 5.74) is 0.